The standard InChI is InChI=1S/C15H24N2O3S/c1-12-9-13(16)11-15(10-12)21(18,19)17-7-8-20-14-5-3-2-4-6-14/h9-11,14,17H,2-8,16H2,1H3. The van der Waals surface area contributed by atoms with Crippen molar-refractivity contribution in [2.45, 2.75) is 50.0 Å². The lowest BCUT2D eigenvalue weighted by Crippen LogP contribution is -2.29. The fourth-order valence-corrected chi connectivity index (χ4v) is 3.80. The van der Waals surface area contributed by atoms with Gasteiger partial charge in [-0.1, -0.05) is 19.3 Å². The Kier molecular flexibility index (Phi) is 5.61. The molecule has 2 rings (SSSR count). The first kappa shape index (κ1) is 16.3. The van der Waals surface area contributed by atoms with Crippen LogP contribution in [0.3, 0.4) is 0 Å². The molecule has 0 radical (unpaired) electrons. The van der Waals surface area contributed by atoms with E-state index in [1.807, 2.05) is 6.92 Å². The molecule has 0 spiro atoms. The third-order valence-electron chi connectivity index (χ3n) is 3.68. The van der Waals surface area contributed by atoms with Crippen LogP contribution in [0.1, 0.15) is 37.7 Å². The SMILES string of the molecule is Cc1cc(N)cc(S(=O)(=O)NCCOC2CCCCC2)c1. The van der Waals surface area contributed by atoms with Crippen LogP contribution < -0.4 is 10.5 Å². The number of nitrogens with one attached hydrogen (secondary N) is 1. The summed E-state index contributed by atoms with van der Waals surface area (Å²) in [5, 5.41) is 0. The summed E-state index contributed by atoms with van der Waals surface area (Å²) in [7, 11) is -3.52. The van der Waals surface area contributed by atoms with Crippen LogP contribution in [0.4, 0.5) is 5.69 Å². The Morgan fingerprint density at radius 2 is 1.95 bits per heavy atom. The topological polar surface area (TPSA) is 81.4 Å². The lowest BCUT2D eigenvalue weighted by molar-refractivity contribution is 0.0321. The van der Waals surface area contributed by atoms with Crippen molar-refractivity contribution >= 4 is 15.7 Å². The molecule has 0 bridgehead atoms. The van der Waals surface area contributed by atoms with Crippen LogP contribution >= 0.6 is 0 Å². The quantitative estimate of drug-likeness (QED) is 0.623. The number of anilines is 1. The number of hydrogen-bond acceptors (Lipinski definition) is 4. The van der Waals surface area contributed by atoms with Gasteiger partial charge in [-0.15, -0.1) is 0 Å². The van der Waals surface area contributed by atoms with Gasteiger partial charge in [-0.05, 0) is 43.5 Å². The van der Waals surface area contributed by atoms with E-state index in [0.29, 0.717) is 12.3 Å². The van der Waals surface area contributed by atoms with Gasteiger partial charge in [0.25, 0.3) is 0 Å². The number of benzene rings is 1. The van der Waals surface area contributed by atoms with Gasteiger partial charge in [0.2, 0.25) is 10.0 Å². The summed E-state index contributed by atoms with van der Waals surface area (Å²) < 4.78 is 32.6. The van der Waals surface area contributed by atoms with E-state index in [0.717, 1.165) is 18.4 Å². The van der Waals surface area contributed by atoms with E-state index in [4.69, 9.17) is 10.5 Å². The first-order valence-corrected chi connectivity index (χ1v) is 8.94. The minimum atomic E-state index is -3.52. The zero-order chi connectivity index (χ0) is 15.3. The number of ether oxygens (including phenoxy) is 1. The van der Waals surface area contributed by atoms with Crippen molar-refractivity contribution in [3.05, 3.63) is 23.8 Å². The number of hydrogen-bond donors (Lipinski definition) is 2. The number of nitrogen functional groups attached to an aromatic ring is 1. The van der Waals surface area contributed by atoms with Crippen molar-refractivity contribution in [3.8, 4) is 0 Å². The summed E-state index contributed by atoms with van der Waals surface area (Å²) in [6, 6.07) is 4.82. The number of nitrogens with two attached hydrogens (primary N) is 1. The molecule has 3 N–H and O–H groups in total. The molecule has 118 valence electrons. The maximum absolute atomic E-state index is 12.2. The van der Waals surface area contributed by atoms with Crippen molar-refractivity contribution < 1.29 is 13.2 Å². The smallest absolute Gasteiger partial charge is 0.240 e. The molecule has 0 atom stereocenters. The van der Waals surface area contributed by atoms with Gasteiger partial charge < -0.3 is 10.5 Å². The Bertz CT molecular complexity index is 546. The molecule has 1 aromatic carbocycles. The minimum absolute atomic E-state index is 0.206. The zero-order valence-corrected chi connectivity index (χ0v) is 13.3. The number of sulfonamides is 1. The predicted molar refractivity (Wildman–Crippen MR) is 83.6 cm³/mol. The third kappa shape index (κ3) is 4.98. The summed E-state index contributed by atoms with van der Waals surface area (Å²) in [5.41, 5.74) is 6.97. The summed E-state index contributed by atoms with van der Waals surface area (Å²) >= 11 is 0. The van der Waals surface area contributed by atoms with Gasteiger partial charge in [0.05, 0.1) is 17.6 Å². The monoisotopic (exact) mass is 312 g/mol. The molecular formula is C15H24N2O3S. The van der Waals surface area contributed by atoms with Crippen LogP contribution in [-0.4, -0.2) is 27.7 Å². The Morgan fingerprint density at radius 1 is 1.24 bits per heavy atom. The fourth-order valence-electron chi connectivity index (χ4n) is 2.65. The molecule has 1 aliphatic carbocycles. The molecule has 0 saturated heterocycles. The predicted octanol–water partition coefficient (Wildman–Crippen LogP) is 2.20. The molecule has 0 aliphatic heterocycles. The molecule has 21 heavy (non-hydrogen) atoms. The van der Waals surface area contributed by atoms with Crippen molar-refractivity contribution in [3.63, 3.8) is 0 Å². The normalized spacial score (nSPS) is 17.0. The van der Waals surface area contributed by atoms with Crippen LogP contribution in [0.2, 0.25) is 0 Å². The van der Waals surface area contributed by atoms with Crippen molar-refractivity contribution in [2.24, 2.45) is 0 Å². The van der Waals surface area contributed by atoms with Gasteiger partial charge in [-0.3, -0.25) is 0 Å². The summed E-state index contributed by atoms with van der Waals surface area (Å²) in [4.78, 5) is 0.206. The second-order valence-corrected chi connectivity index (χ2v) is 7.37. The second kappa shape index (κ2) is 7.24. The number of aryl methyl sites for hydroxylation is 1. The molecule has 0 aromatic heterocycles. The lowest BCUT2D eigenvalue weighted by atomic mass is 9.98. The van der Waals surface area contributed by atoms with E-state index < -0.39 is 10.0 Å². The van der Waals surface area contributed by atoms with Crippen molar-refractivity contribution in [1.82, 2.24) is 4.72 Å². The van der Waals surface area contributed by atoms with Gasteiger partial charge in [0, 0.05) is 12.2 Å². The van der Waals surface area contributed by atoms with E-state index in [1.165, 1.54) is 25.3 Å². The average molecular weight is 312 g/mol. The highest BCUT2D eigenvalue weighted by atomic mass is 32.2. The molecule has 0 unspecified atom stereocenters. The Balaban J connectivity index is 1.83. The summed E-state index contributed by atoms with van der Waals surface area (Å²) in [6.07, 6.45) is 6.15. The first-order chi connectivity index (χ1) is 9.97. The van der Waals surface area contributed by atoms with E-state index in [9.17, 15) is 8.42 Å². The lowest BCUT2D eigenvalue weighted by Gasteiger charge is -2.22. The van der Waals surface area contributed by atoms with Crippen LogP contribution in [-0.2, 0) is 14.8 Å². The van der Waals surface area contributed by atoms with Gasteiger partial charge in [0.15, 0.2) is 0 Å². The van der Waals surface area contributed by atoms with Crippen LogP contribution in [0.15, 0.2) is 23.1 Å². The second-order valence-electron chi connectivity index (χ2n) is 5.61. The Labute approximate surface area is 126 Å². The van der Waals surface area contributed by atoms with Gasteiger partial charge in [0.1, 0.15) is 0 Å². The van der Waals surface area contributed by atoms with E-state index >= 15 is 0 Å². The average Bonchev–Trinajstić information content (AvgIpc) is 2.44. The molecule has 1 saturated carbocycles. The highest BCUT2D eigenvalue weighted by Crippen LogP contribution is 2.20. The van der Waals surface area contributed by atoms with E-state index in [2.05, 4.69) is 4.72 Å². The highest BCUT2D eigenvalue weighted by molar-refractivity contribution is 7.89. The Morgan fingerprint density at radius 3 is 2.62 bits per heavy atom. The molecule has 0 amide bonds. The minimum Gasteiger partial charge on any atom is -0.399 e. The van der Waals surface area contributed by atoms with Crippen molar-refractivity contribution in [1.29, 1.82) is 0 Å². The Hall–Kier alpha value is -1.11. The van der Waals surface area contributed by atoms with Crippen LogP contribution in [0, 0.1) is 6.92 Å². The maximum Gasteiger partial charge on any atom is 0.240 e. The highest BCUT2D eigenvalue weighted by Gasteiger charge is 2.16. The van der Waals surface area contributed by atoms with Gasteiger partial charge in [-0.2, -0.15) is 0 Å². The zero-order valence-electron chi connectivity index (χ0n) is 12.5. The molecular weight excluding hydrogens is 288 g/mol. The van der Waals surface area contributed by atoms with Gasteiger partial charge in [-0.25, -0.2) is 13.1 Å². The molecule has 1 fully saturated rings. The van der Waals surface area contributed by atoms with E-state index in [1.54, 1.807) is 12.1 Å². The van der Waals surface area contributed by atoms with Crippen molar-refractivity contribution in [2.75, 3.05) is 18.9 Å². The molecule has 1 aromatic rings. The number of rotatable bonds is 6. The molecule has 6 heteroatoms. The fraction of sp³-hybridized carbons (Fsp3) is 0.600. The summed E-state index contributed by atoms with van der Waals surface area (Å²) in [5.74, 6) is 0. The summed E-state index contributed by atoms with van der Waals surface area (Å²) in [6.45, 7) is 2.51. The largest absolute Gasteiger partial charge is 0.399 e. The maximum atomic E-state index is 12.2. The van der Waals surface area contributed by atoms with Crippen LogP contribution in [0.25, 0.3) is 0 Å². The molecule has 0 heterocycles. The third-order valence-corrected chi connectivity index (χ3v) is 5.12. The molecule has 1 aliphatic rings. The van der Waals surface area contributed by atoms with Crippen LogP contribution in [0.5, 0.6) is 0 Å². The molecule has 5 nitrogen and oxygen atoms in total. The first-order valence-electron chi connectivity index (χ1n) is 7.46. The van der Waals surface area contributed by atoms with E-state index in [-0.39, 0.29) is 17.5 Å². The van der Waals surface area contributed by atoms with Gasteiger partial charge >= 0.3 is 0 Å².